The predicted molar refractivity (Wildman–Crippen MR) is 66.2 cm³/mol. The molecule has 98 valence electrons. The van der Waals surface area contributed by atoms with Crippen LogP contribution in [0.2, 0.25) is 0 Å². The van der Waals surface area contributed by atoms with Gasteiger partial charge in [0, 0.05) is 19.1 Å². The lowest BCUT2D eigenvalue weighted by molar-refractivity contribution is 0.153. The van der Waals surface area contributed by atoms with Crippen LogP contribution in [-0.2, 0) is 0 Å². The van der Waals surface area contributed by atoms with Gasteiger partial charge < -0.3 is 20.2 Å². The third-order valence-electron chi connectivity index (χ3n) is 3.97. The minimum absolute atomic E-state index is 0.505. The molecule has 0 bridgehead atoms. The standard InChI is InChI=1S/C12H23N3O2/c1-14-5-3-11(4-6-14)13-8-10-2-7-15(9-10)12(16)17/h10-11,13H,2-9H2,1H3,(H,16,17)/t10-/m1/s1. The highest BCUT2D eigenvalue weighted by Crippen LogP contribution is 2.16. The second-order valence-corrected chi connectivity index (χ2v) is 5.37. The topological polar surface area (TPSA) is 55.8 Å². The first-order chi connectivity index (χ1) is 8.15. The number of rotatable bonds is 3. The van der Waals surface area contributed by atoms with Crippen molar-refractivity contribution in [3.8, 4) is 0 Å². The number of amides is 1. The molecule has 2 rings (SSSR count). The normalized spacial score (nSPS) is 27.6. The van der Waals surface area contributed by atoms with E-state index in [2.05, 4.69) is 17.3 Å². The second kappa shape index (κ2) is 5.69. The summed E-state index contributed by atoms with van der Waals surface area (Å²) in [6.07, 6.45) is 2.66. The quantitative estimate of drug-likeness (QED) is 0.762. The molecule has 2 fully saturated rings. The Morgan fingerprint density at radius 1 is 1.29 bits per heavy atom. The first-order valence-corrected chi connectivity index (χ1v) is 6.55. The highest BCUT2D eigenvalue weighted by molar-refractivity contribution is 5.65. The third kappa shape index (κ3) is 3.57. The van der Waals surface area contributed by atoms with Gasteiger partial charge in [-0.25, -0.2) is 4.79 Å². The Hall–Kier alpha value is -0.810. The van der Waals surface area contributed by atoms with Crippen molar-refractivity contribution in [3.05, 3.63) is 0 Å². The zero-order valence-corrected chi connectivity index (χ0v) is 10.6. The smallest absolute Gasteiger partial charge is 0.407 e. The van der Waals surface area contributed by atoms with Crippen LogP contribution in [0.4, 0.5) is 4.79 Å². The molecule has 0 unspecified atom stereocenters. The molecule has 1 atom stereocenters. The molecule has 17 heavy (non-hydrogen) atoms. The van der Waals surface area contributed by atoms with Gasteiger partial charge in [-0.15, -0.1) is 0 Å². The number of hydrogen-bond donors (Lipinski definition) is 2. The molecule has 0 saturated carbocycles. The van der Waals surface area contributed by atoms with Crippen molar-refractivity contribution >= 4 is 6.09 Å². The Balaban J connectivity index is 1.64. The molecule has 0 aromatic carbocycles. The Kier molecular flexibility index (Phi) is 4.23. The maximum Gasteiger partial charge on any atom is 0.407 e. The fraction of sp³-hybridized carbons (Fsp3) is 0.917. The monoisotopic (exact) mass is 241 g/mol. The Morgan fingerprint density at radius 2 is 2.00 bits per heavy atom. The van der Waals surface area contributed by atoms with Crippen LogP contribution in [0.25, 0.3) is 0 Å². The minimum Gasteiger partial charge on any atom is -0.465 e. The zero-order chi connectivity index (χ0) is 12.3. The van der Waals surface area contributed by atoms with E-state index in [4.69, 9.17) is 5.11 Å². The SMILES string of the molecule is CN1CCC(NC[C@H]2CCN(C(=O)O)C2)CC1. The maximum atomic E-state index is 10.8. The predicted octanol–water partition coefficient (Wildman–Crippen LogP) is 0.670. The maximum absolute atomic E-state index is 10.8. The average Bonchev–Trinajstić information content (AvgIpc) is 2.77. The number of nitrogens with one attached hydrogen (secondary N) is 1. The Morgan fingerprint density at radius 3 is 2.59 bits per heavy atom. The van der Waals surface area contributed by atoms with Crippen molar-refractivity contribution in [1.82, 2.24) is 15.1 Å². The molecule has 5 heteroatoms. The molecular weight excluding hydrogens is 218 g/mol. The van der Waals surface area contributed by atoms with Crippen molar-refractivity contribution in [2.24, 2.45) is 5.92 Å². The van der Waals surface area contributed by atoms with Crippen LogP contribution in [0.1, 0.15) is 19.3 Å². The van der Waals surface area contributed by atoms with E-state index >= 15 is 0 Å². The lowest BCUT2D eigenvalue weighted by Gasteiger charge is -2.30. The Bertz CT molecular complexity index is 264. The van der Waals surface area contributed by atoms with Crippen molar-refractivity contribution < 1.29 is 9.90 Å². The molecule has 0 aromatic rings. The molecular formula is C12H23N3O2. The molecule has 2 saturated heterocycles. The van der Waals surface area contributed by atoms with E-state index in [0.717, 1.165) is 13.0 Å². The molecule has 2 heterocycles. The van der Waals surface area contributed by atoms with Crippen LogP contribution in [-0.4, -0.2) is 66.8 Å². The summed E-state index contributed by atoms with van der Waals surface area (Å²) in [6, 6.07) is 0.630. The van der Waals surface area contributed by atoms with Gasteiger partial charge in [-0.1, -0.05) is 0 Å². The van der Waals surface area contributed by atoms with Crippen LogP contribution < -0.4 is 5.32 Å². The van der Waals surface area contributed by atoms with Crippen LogP contribution in [0, 0.1) is 5.92 Å². The van der Waals surface area contributed by atoms with Crippen LogP contribution >= 0.6 is 0 Å². The van der Waals surface area contributed by atoms with Crippen LogP contribution in [0.15, 0.2) is 0 Å². The molecule has 5 nitrogen and oxygen atoms in total. The summed E-state index contributed by atoms with van der Waals surface area (Å²) in [5.74, 6) is 0.505. The average molecular weight is 241 g/mol. The number of nitrogens with zero attached hydrogens (tertiary/aromatic N) is 2. The minimum atomic E-state index is -0.771. The number of piperidine rings is 1. The molecule has 0 radical (unpaired) electrons. The summed E-state index contributed by atoms with van der Waals surface area (Å²) in [7, 11) is 2.16. The summed E-state index contributed by atoms with van der Waals surface area (Å²) < 4.78 is 0. The lowest BCUT2D eigenvalue weighted by Crippen LogP contribution is -2.42. The Labute approximate surface area is 103 Å². The van der Waals surface area contributed by atoms with E-state index in [-0.39, 0.29) is 0 Å². The van der Waals surface area contributed by atoms with Gasteiger partial charge in [0.25, 0.3) is 0 Å². The third-order valence-corrected chi connectivity index (χ3v) is 3.97. The van der Waals surface area contributed by atoms with E-state index in [1.165, 1.54) is 30.8 Å². The van der Waals surface area contributed by atoms with Crippen LogP contribution in [0.5, 0.6) is 0 Å². The number of carbonyl (C=O) groups is 1. The molecule has 1 amide bonds. The first-order valence-electron chi connectivity index (χ1n) is 6.55. The molecule has 2 aliphatic rings. The highest BCUT2D eigenvalue weighted by atomic mass is 16.4. The first kappa shape index (κ1) is 12.6. The fourth-order valence-corrected chi connectivity index (χ4v) is 2.72. The lowest BCUT2D eigenvalue weighted by atomic mass is 10.0. The molecule has 2 N–H and O–H groups in total. The second-order valence-electron chi connectivity index (χ2n) is 5.37. The van der Waals surface area contributed by atoms with Gasteiger partial charge in [-0.05, 0) is 51.9 Å². The summed E-state index contributed by atoms with van der Waals surface area (Å²) in [4.78, 5) is 14.7. The molecule has 2 aliphatic heterocycles. The summed E-state index contributed by atoms with van der Waals surface area (Å²) in [5.41, 5.74) is 0. The summed E-state index contributed by atoms with van der Waals surface area (Å²) in [5, 5.41) is 12.5. The summed E-state index contributed by atoms with van der Waals surface area (Å²) in [6.45, 7) is 4.72. The van der Waals surface area contributed by atoms with E-state index in [1.54, 1.807) is 0 Å². The zero-order valence-electron chi connectivity index (χ0n) is 10.6. The van der Waals surface area contributed by atoms with Gasteiger partial charge in [0.2, 0.25) is 0 Å². The van der Waals surface area contributed by atoms with E-state index in [1.807, 2.05) is 0 Å². The van der Waals surface area contributed by atoms with E-state index < -0.39 is 6.09 Å². The summed E-state index contributed by atoms with van der Waals surface area (Å²) >= 11 is 0. The van der Waals surface area contributed by atoms with Crippen molar-refractivity contribution in [1.29, 1.82) is 0 Å². The van der Waals surface area contributed by atoms with Crippen LogP contribution in [0.3, 0.4) is 0 Å². The van der Waals surface area contributed by atoms with Gasteiger partial charge in [-0.3, -0.25) is 0 Å². The van der Waals surface area contributed by atoms with Crippen molar-refractivity contribution in [2.75, 3.05) is 39.8 Å². The highest BCUT2D eigenvalue weighted by Gasteiger charge is 2.26. The number of hydrogen-bond acceptors (Lipinski definition) is 3. The molecule has 0 aliphatic carbocycles. The van der Waals surface area contributed by atoms with Crippen molar-refractivity contribution in [3.63, 3.8) is 0 Å². The molecule has 0 aromatic heterocycles. The largest absolute Gasteiger partial charge is 0.465 e. The number of carboxylic acid groups (broad SMARTS) is 1. The van der Waals surface area contributed by atoms with E-state index in [9.17, 15) is 4.79 Å². The van der Waals surface area contributed by atoms with Gasteiger partial charge in [-0.2, -0.15) is 0 Å². The van der Waals surface area contributed by atoms with Gasteiger partial charge in [0.05, 0.1) is 0 Å². The molecule has 0 spiro atoms. The van der Waals surface area contributed by atoms with Gasteiger partial charge >= 0.3 is 6.09 Å². The van der Waals surface area contributed by atoms with Gasteiger partial charge in [0.1, 0.15) is 0 Å². The fourth-order valence-electron chi connectivity index (χ4n) is 2.72. The van der Waals surface area contributed by atoms with Crippen molar-refractivity contribution in [2.45, 2.75) is 25.3 Å². The van der Waals surface area contributed by atoms with E-state index in [0.29, 0.717) is 25.0 Å². The number of likely N-dealkylation sites (tertiary alicyclic amines) is 2. The van der Waals surface area contributed by atoms with Gasteiger partial charge in [0.15, 0.2) is 0 Å².